The monoisotopic (exact) mass is 1180 g/mol. The third kappa shape index (κ3) is 21.8. The second-order valence-electron chi connectivity index (χ2n) is 24.9. The molecule has 0 aliphatic carbocycles. The van der Waals surface area contributed by atoms with Gasteiger partial charge in [-0.1, -0.05) is 88.3 Å². The Morgan fingerprint density at radius 1 is 0.458 bits per heavy atom. The summed E-state index contributed by atoms with van der Waals surface area (Å²) < 4.78 is 0. The van der Waals surface area contributed by atoms with Crippen molar-refractivity contribution in [2.24, 2.45) is 35.5 Å². The van der Waals surface area contributed by atoms with E-state index in [1.807, 2.05) is 55.4 Å². The van der Waals surface area contributed by atoms with Gasteiger partial charge in [-0.25, -0.2) is 0 Å². The average Bonchev–Trinajstić information content (AvgIpc) is 3.59. The van der Waals surface area contributed by atoms with Crippen LogP contribution in [0.25, 0.3) is 0 Å². The van der Waals surface area contributed by atoms with Gasteiger partial charge in [-0.05, 0) is 102 Å². The lowest BCUT2D eigenvalue weighted by Gasteiger charge is -2.40. The van der Waals surface area contributed by atoms with E-state index in [1.54, 1.807) is 39.8 Å². The molecule has 13 atom stereocenters. The SMILES string of the molecule is C/C=C/C[C@@H](C)[C@@H](O)[C@H]1C(=O)NC([C@@H](C)O)C(=O)N(C)CC(=O)N(C)[C@@H](CC(C)C)C(=O)N[C@@H](CC(C)C)C(=O)N(C)[C@@H](CC(C)C)C(=O)N[C@@H](C)C(=O)N[C@H](C)C(=O)N(C)[C@@H](CC(C)C)C(=O)N[C@@H](C)C(=O)N(C)[C@@H](C(C)C)C(=O)N1C. The first-order chi connectivity index (χ1) is 38.2. The van der Waals surface area contributed by atoms with Gasteiger partial charge in [0.05, 0.1) is 18.8 Å². The van der Waals surface area contributed by atoms with Crippen molar-refractivity contribution >= 4 is 65.0 Å². The fraction of sp³-hybridized carbons (Fsp3) is 0.780. The molecule has 1 saturated heterocycles. The van der Waals surface area contributed by atoms with Crippen molar-refractivity contribution in [3.05, 3.63) is 12.2 Å². The van der Waals surface area contributed by atoms with Crippen molar-refractivity contribution in [2.45, 2.75) is 216 Å². The molecule has 1 heterocycles. The Kier molecular flexibility index (Phi) is 30.6. The molecular formula is C59H105N11O13. The maximum atomic E-state index is 14.8. The maximum Gasteiger partial charge on any atom is 0.248 e. The first-order valence-electron chi connectivity index (χ1n) is 29.3. The summed E-state index contributed by atoms with van der Waals surface area (Å²) >= 11 is 0. The molecular weight excluding hydrogens is 1070 g/mol. The zero-order valence-corrected chi connectivity index (χ0v) is 53.9. The van der Waals surface area contributed by atoms with E-state index in [1.165, 1.54) is 79.8 Å². The molecule has 0 aromatic carbocycles. The second kappa shape index (κ2) is 34.0. The van der Waals surface area contributed by atoms with E-state index in [2.05, 4.69) is 26.6 Å². The molecule has 0 saturated carbocycles. The van der Waals surface area contributed by atoms with E-state index in [4.69, 9.17) is 0 Å². The molecule has 0 radical (unpaired) electrons. The van der Waals surface area contributed by atoms with Gasteiger partial charge in [0.25, 0.3) is 0 Å². The second-order valence-corrected chi connectivity index (χ2v) is 24.9. The normalized spacial score (nSPS) is 27.5. The Balaban J connectivity index is 4.22. The average molecular weight is 1180 g/mol. The van der Waals surface area contributed by atoms with Gasteiger partial charge in [0.2, 0.25) is 65.0 Å². The van der Waals surface area contributed by atoms with Crippen LogP contribution in [0, 0.1) is 35.5 Å². The van der Waals surface area contributed by atoms with Gasteiger partial charge >= 0.3 is 0 Å². The van der Waals surface area contributed by atoms with Crippen molar-refractivity contribution in [1.82, 2.24) is 56.0 Å². The molecule has 1 aliphatic heterocycles. The van der Waals surface area contributed by atoms with Crippen molar-refractivity contribution < 1.29 is 63.0 Å². The molecule has 7 N–H and O–H groups in total. The third-order valence-electron chi connectivity index (χ3n) is 15.1. The topological polar surface area (TPSA) is 308 Å². The number of hydrogen-bond acceptors (Lipinski definition) is 13. The summed E-state index contributed by atoms with van der Waals surface area (Å²) in [4.78, 5) is 164. The number of nitrogens with one attached hydrogen (secondary N) is 5. The number of likely N-dealkylation sites (N-methyl/N-ethyl adjacent to an activating group) is 6. The van der Waals surface area contributed by atoms with Crippen molar-refractivity contribution in [3.63, 3.8) is 0 Å². The highest BCUT2D eigenvalue weighted by atomic mass is 16.3. The molecule has 1 rings (SSSR count). The van der Waals surface area contributed by atoms with Crippen LogP contribution in [-0.4, -0.2) is 226 Å². The lowest BCUT2D eigenvalue weighted by Crippen LogP contribution is -2.64. The number of nitrogens with zero attached hydrogens (tertiary/aromatic N) is 6. The van der Waals surface area contributed by atoms with Crippen LogP contribution in [0.1, 0.15) is 143 Å². The van der Waals surface area contributed by atoms with Gasteiger partial charge in [0, 0.05) is 42.3 Å². The minimum absolute atomic E-state index is 0.117. The minimum atomic E-state index is -1.74. The standard InChI is InChI=1S/C59H105N11O13/c1-23-24-25-36(12)49(73)48-54(78)64-46(40(16)71)58(82)65(17)30-45(72)66(18)42(27-32(4)5)53(77)63-41(26-31(2)3)57(81)68(20)44(29-34(8)9)51(75)60-37(13)50(74)61-38(14)55(79)67(19)43(28-33(6)7)52(76)62-39(15)56(80)69(21)47(35(10)11)59(83)70(48)22/h23-24,31-44,46-49,71,73H,25-30H2,1-22H3,(H,60,75)(H,61,74)(H,62,76)(H,63,77)(H,64,78)/b24-23+/t36-,37+,38-,39+,40-,41+,42+,43+,44+,46?,47+,48+,49-/m1/s1. The van der Waals surface area contributed by atoms with Crippen LogP contribution in [0.5, 0.6) is 0 Å². The summed E-state index contributed by atoms with van der Waals surface area (Å²) in [6.45, 7) is 26.3. The van der Waals surface area contributed by atoms with Crippen LogP contribution in [0.4, 0.5) is 0 Å². The predicted molar refractivity (Wildman–Crippen MR) is 316 cm³/mol. The maximum absolute atomic E-state index is 14.8. The molecule has 0 aromatic rings. The zero-order chi connectivity index (χ0) is 64.4. The van der Waals surface area contributed by atoms with Gasteiger partial charge in [-0.3, -0.25) is 52.7 Å². The predicted octanol–water partition coefficient (Wildman–Crippen LogP) is 1.26. The molecule has 24 nitrogen and oxygen atoms in total. The van der Waals surface area contributed by atoms with E-state index in [-0.39, 0.29) is 55.8 Å². The Hall–Kier alpha value is -6.17. The summed E-state index contributed by atoms with van der Waals surface area (Å²) in [6.07, 6.45) is 1.10. The quantitative estimate of drug-likeness (QED) is 0.121. The Bertz CT molecular complexity index is 2270. The number of allylic oxidation sites excluding steroid dienone is 2. The number of aliphatic hydroxyl groups excluding tert-OH is 2. The minimum Gasteiger partial charge on any atom is -0.391 e. The van der Waals surface area contributed by atoms with Gasteiger partial charge in [0.15, 0.2) is 0 Å². The van der Waals surface area contributed by atoms with Gasteiger partial charge < -0.3 is 66.2 Å². The number of carbonyl (C=O) groups excluding carboxylic acids is 11. The number of aliphatic hydroxyl groups is 2. The lowest BCUT2D eigenvalue weighted by atomic mass is 9.91. The molecule has 0 bridgehead atoms. The van der Waals surface area contributed by atoms with Crippen LogP contribution >= 0.6 is 0 Å². The summed E-state index contributed by atoms with van der Waals surface area (Å²) in [5, 5.41) is 36.4. The Labute approximate surface area is 494 Å². The van der Waals surface area contributed by atoms with Crippen molar-refractivity contribution in [2.75, 3.05) is 48.8 Å². The molecule has 1 aliphatic rings. The Morgan fingerprint density at radius 2 is 0.855 bits per heavy atom. The lowest BCUT2D eigenvalue weighted by molar-refractivity contribution is -0.154. The highest BCUT2D eigenvalue weighted by molar-refractivity contribution is 5.99. The first-order valence-corrected chi connectivity index (χ1v) is 29.3. The largest absolute Gasteiger partial charge is 0.391 e. The van der Waals surface area contributed by atoms with E-state index < -0.39 is 156 Å². The first kappa shape index (κ1) is 74.8. The fourth-order valence-corrected chi connectivity index (χ4v) is 10.1. The van der Waals surface area contributed by atoms with Gasteiger partial charge in [-0.2, -0.15) is 0 Å². The van der Waals surface area contributed by atoms with E-state index in [0.717, 1.165) is 19.6 Å². The number of hydrogen-bond donors (Lipinski definition) is 7. The Morgan fingerprint density at radius 3 is 1.29 bits per heavy atom. The van der Waals surface area contributed by atoms with Crippen molar-refractivity contribution in [1.29, 1.82) is 0 Å². The third-order valence-corrected chi connectivity index (χ3v) is 15.1. The fourth-order valence-electron chi connectivity index (χ4n) is 10.1. The van der Waals surface area contributed by atoms with Gasteiger partial charge in [-0.15, -0.1) is 0 Å². The van der Waals surface area contributed by atoms with Crippen molar-refractivity contribution in [3.8, 4) is 0 Å². The van der Waals surface area contributed by atoms with E-state index >= 15 is 0 Å². The van der Waals surface area contributed by atoms with E-state index in [0.29, 0.717) is 0 Å². The number of carbonyl (C=O) groups is 11. The number of rotatable bonds is 14. The molecule has 1 unspecified atom stereocenters. The molecule has 24 heteroatoms. The summed E-state index contributed by atoms with van der Waals surface area (Å²) in [7, 11) is 8.06. The molecule has 0 spiro atoms. The summed E-state index contributed by atoms with van der Waals surface area (Å²) in [5.41, 5.74) is 0. The summed E-state index contributed by atoms with van der Waals surface area (Å²) in [6, 6.07) is -13.2. The van der Waals surface area contributed by atoms with Crippen LogP contribution in [0.2, 0.25) is 0 Å². The van der Waals surface area contributed by atoms with E-state index in [9.17, 15) is 63.0 Å². The van der Waals surface area contributed by atoms with Crippen LogP contribution < -0.4 is 26.6 Å². The molecule has 83 heavy (non-hydrogen) atoms. The highest BCUT2D eigenvalue weighted by Gasteiger charge is 2.45. The molecule has 11 amide bonds. The highest BCUT2D eigenvalue weighted by Crippen LogP contribution is 2.23. The van der Waals surface area contributed by atoms with Crippen LogP contribution in [-0.2, 0) is 52.7 Å². The number of amides is 11. The van der Waals surface area contributed by atoms with Gasteiger partial charge in [0.1, 0.15) is 60.4 Å². The molecule has 0 aromatic heterocycles. The van der Waals surface area contributed by atoms with Crippen LogP contribution in [0.15, 0.2) is 12.2 Å². The zero-order valence-electron chi connectivity index (χ0n) is 53.9. The molecule has 474 valence electrons. The molecule has 1 fully saturated rings. The van der Waals surface area contributed by atoms with Crippen LogP contribution in [0.3, 0.4) is 0 Å². The summed E-state index contributed by atoms with van der Waals surface area (Å²) in [5.74, 6) is -10.3. The smallest absolute Gasteiger partial charge is 0.248 e.